The highest BCUT2D eigenvalue weighted by Crippen LogP contribution is 2.23. The molecule has 7 nitrogen and oxygen atoms in total. The molecule has 0 spiro atoms. The fourth-order valence-electron chi connectivity index (χ4n) is 3.03. The Morgan fingerprint density at radius 3 is 2.80 bits per heavy atom. The van der Waals surface area contributed by atoms with Crippen molar-refractivity contribution in [1.29, 1.82) is 0 Å². The number of fused-ring (bicyclic) bond motifs is 1. The van der Waals surface area contributed by atoms with Crippen molar-refractivity contribution < 1.29 is 0 Å². The third kappa shape index (κ3) is 2.44. The second-order valence-electron chi connectivity index (χ2n) is 5.76. The van der Waals surface area contributed by atoms with Crippen LogP contribution in [0.15, 0.2) is 47.8 Å². The largest absolute Gasteiger partial charge is 0.296 e. The van der Waals surface area contributed by atoms with E-state index in [0.29, 0.717) is 12.1 Å². The van der Waals surface area contributed by atoms with Gasteiger partial charge in [0.25, 0.3) is 5.56 Å². The van der Waals surface area contributed by atoms with Crippen LogP contribution in [0.2, 0.25) is 0 Å². The first-order chi connectivity index (χ1) is 12.2. The minimum absolute atomic E-state index is 0.0345. The molecule has 0 saturated carbocycles. The average Bonchev–Trinajstić information content (AvgIpc) is 3.29. The molecule has 0 saturated heterocycles. The van der Waals surface area contributed by atoms with Gasteiger partial charge in [-0.2, -0.15) is 5.10 Å². The summed E-state index contributed by atoms with van der Waals surface area (Å²) >= 11 is 0. The molecule has 0 bridgehead atoms. The first-order valence-corrected chi connectivity index (χ1v) is 8.31. The molecule has 0 atom stereocenters. The lowest BCUT2D eigenvalue weighted by molar-refractivity contribution is 0.835. The molecule has 7 heteroatoms. The second-order valence-corrected chi connectivity index (χ2v) is 5.76. The standard InChI is InChI=1S/C18H18N6O/c1-3-13-15(4-2)22-17-14(10-21-24(17)18(13)25)12-9-20-23(11-12)16-7-5-6-8-19-16/h5-11,21H,3-4H2,1-2H3. The van der Waals surface area contributed by atoms with Gasteiger partial charge in [0, 0.05) is 35.3 Å². The highest BCUT2D eigenvalue weighted by Gasteiger charge is 2.16. The van der Waals surface area contributed by atoms with Gasteiger partial charge >= 0.3 is 0 Å². The smallest absolute Gasteiger partial charge is 0.276 e. The summed E-state index contributed by atoms with van der Waals surface area (Å²) in [5, 5.41) is 7.39. The molecule has 126 valence electrons. The Morgan fingerprint density at radius 1 is 1.20 bits per heavy atom. The highest BCUT2D eigenvalue weighted by atomic mass is 16.1. The average molecular weight is 334 g/mol. The Labute approximate surface area is 144 Å². The van der Waals surface area contributed by atoms with Gasteiger partial charge in [0.1, 0.15) is 0 Å². The van der Waals surface area contributed by atoms with E-state index in [0.717, 1.165) is 34.6 Å². The van der Waals surface area contributed by atoms with Crippen molar-refractivity contribution in [2.24, 2.45) is 0 Å². The zero-order chi connectivity index (χ0) is 17.4. The van der Waals surface area contributed by atoms with E-state index >= 15 is 0 Å². The maximum absolute atomic E-state index is 12.7. The SMILES string of the molecule is CCc1nc2c(-c3cnn(-c4ccccn4)c3)c[nH]n2c(=O)c1CC. The van der Waals surface area contributed by atoms with Crippen LogP contribution in [0.1, 0.15) is 25.1 Å². The van der Waals surface area contributed by atoms with Crippen molar-refractivity contribution in [3.05, 3.63) is 64.6 Å². The first kappa shape index (κ1) is 15.3. The molecular formula is C18H18N6O. The summed E-state index contributed by atoms with van der Waals surface area (Å²) in [7, 11) is 0. The monoisotopic (exact) mass is 334 g/mol. The minimum atomic E-state index is -0.0345. The zero-order valence-corrected chi connectivity index (χ0v) is 14.1. The number of aryl methyl sites for hydroxylation is 1. The predicted octanol–water partition coefficient (Wildman–Crippen LogP) is 2.40. The normalized spacial score (nSPS) is 11.3. The maximum atomic E-state index is 12.7. The van der Waals surface area contributed by atoms with E-state index < -0.39 is 0 Å². The number of rotatable bonds is 4. The number of nitrogens with zero attached hydrogens (tertiary/aromatic N) is 5. The van der Waals surface area contributed by atoms with Crippen molar-refractivity contribution in [3.63, 3.8) is 0 Å². The van der Waals surface area contributed by atoms with E-state index in [1.807, 2.05) is 38.2 Å². The van der Waals surface area contributed by atoms with Gasteiger partial charge in [-0.1, -0.05) is 19.9 Å². The van der Waals surface area contributed by atoms with E-state index in [2.05, 4.69) is 15.2 Å². The van der Waals surface area contributed by atoms with E-state index in [4.69, 9.17) is 4.98 Å². The summed E-state index contributed by atoms with van der Waals surface area (Å²) in [5.74, 6) is 0.737. The number of pyridine rings is 1. The van der Waals surface area contributed by atoms with E-state index in [-0.39, 0.29) is 5.56 Å². The molecule has 0 fully saturated rings. The van der Waals surface area contributed by atoms with Crippen LogP contribution >= 0.6 is 0 Å². The molecule has 0 aliphatic rings. The van der Waals surface area contributed by atoms with Crippen LogP contribution in [0.25, 0.3) is 22.6 Å². The number of aromatic nitrogens is 6. The van der Waals surface area contributed by atoms with Crippen molar-refractivity contribution in [3.8, 4) is 16.9 Å². The molecule has 0 unspecified atom stereocenters. The molecule has 0 aromatic carbocycles. The molecule has 0 amide bonds. The topological polar surface area (TPSA) is 80.9 Å². The van der Waals surface area contributed by atoms with Gasteiger partial charge in [0.05, 0.1) is 11.9 Å². The molecule has 4 rings (SSSR count). The highest BCUT2D eigenvalue weighted by molar-refractivity contribution is 5.76. The molecule has 0 radical (unpaired) electrons. The fraction of sp³-hybridized carbons (Fsp3) is 0.222. The lowest BCUT2D eigenvalue weighted by Gasteiger charge is -2.05. The van der Waals surface area contributed by atoms with Crippen LogP contribution < -0.4 is 5.56 Å². The van der Waals surface area contributed by atoms with Crippen LogP contribution in [0.3, 0.4) is 0 Å². The minimum Gasteiger partial charge on any atom is -0.296 e. The Bertz CT molecular complexity index is 1090. The number of aromatic amines is 1. The quantitative estimate of drug-likeness (QED) is 0.621. The van der Waals surface area contributed by atoms with E-state index in [1.165, 1.54) is 4.52 Å². The molecular weight excluding hydrogens is 316 g/mol. The number of H-pyrrole nitrogens is 1. The Hall–Kier alpha value is -3.22. The van der Waals surface area contributed by atoms with Gasteiger partial charge in [-0.05, 0) is 25.0 Å². The van der Waals surface area contributed by atoms with Crippen LogP contribution in [-0.4, -0.2) is 29.4 Å². The lowest BCUT2D eigenvalue weighted by Crippen LogP contribution is -2.22. The number of hydrogen-bond acceptors (Lipinski definition) is 4. The maximum Gasteiger partial charge on any atom is 0.276 e. The third-order valence-corrected chi connectivity index (χ3v) is 4.31. The van der Waals surface area contributed by atoms with Gasteiger partial charge in [0.15, 0.2) is 11.5 Å². The van der Waals surface area contributed by atoms with Crippen molar-refractivity contribution in [1.82, 2.24) is 29.4 Å². The van der Waals surface area contributed by atoms with Crippen molar-refractivity contribution in [2.45, 2.75) is 26.7 Å². The fourth-order valence-corrected chi connectivity index (χ4v) is 3.03. The van der Waals surface area contributed by atoms with Gasteiger partial charge < -0.3 is 0 Å². The zero-order valence-electron chi connectivity index (χ0n) is 14.1. The molecule has 25 heavy (non-hydrogen) atoms. The first-order valence-electron chi connectivity index (χ1n) is 8.31. The van der Waals surface area contributed by atoms with Gasteiger partial charge in [-0.25, -0.2) is 19.2 Å². The van der Waals surface area contributed by atoms with E-state index in [1.54, 1.807) is 23.3 Å². The Kier molecular flexibility index (Phi) is 3.68. The van der Waals surface area contributed by atoms with Crippen molar-refractivity contribution >= 4 is 5.65 Å². The van der Waals surface area contributed by atoms with Crippen LogP contribution in [0.5, 0.6) is 0 Å². The van der Waals surface area contributed by atoms with Gasteiger partial charge in [-0.3, -0.25) is 9.89 Å². The second kappa shape index (κ2) is 6.01. The molecule has 0 aliphatic carbocycles. The molecule has 4 heterocycles. The van der Waals surface area contributed by atoms with E-state index in [9.17, 15) is 4.79 Å². The summed E-state index contributed by atoms with van der Waals surface area (Å²) in [5.41, 5.74) is 3.93. The van der Waals surface area contributed by atoms with Crippen molar-refractivity contribution in [2.75, 3.05) is 0 Å². The Balaban J connectivity index is 1.87. The van der Waals surface area contributed by atoms with Crippen LogP contribution in [0, 0.1) is 0 Å². The van der Waals surface area contributed by atoms with Crippen LogP contribution in [0.4, 0.5) is 0 Å². The third-order valence-electron chi connectivity index (χ3n) is 4.31. The summed E-state index contributed by atoms with van der Waals surface area (Å²) in [6.45, 7) is 3.99. The molecule has 4 aromatic heterocycles. The molecule has 4 aromatic rings. The molecule has 1 N–H and O–H groups in total. The van der Waals surface area contributed by atoms with Crippen LogP contribution in [-0.2, 0) is 12.8 Å². The lowest BCUT2D eigenvalue weighted by atomic mass is 10.1. The number of nitrogens with one attached hydrogen (secondary N) is 1. The summed E-state index contributed by atoms with van der Waals surface area (Å²) in [6.07, 6.45) is 8.56. The van der Waals surface area contributed by atoms with Gasteiger partial charge in [0.2, 0.25) is 0 Å². The summed E-state index contributed by atoms with van der Waals surface area (Å²) in [6, 6.07) is 5.66. The molecule has 0 aliphatic heterocycles. The van der Waals surface area contributed by atoms with Gasteiger partial charge in [-0.15, -0.1) is 0 Å². The summed E-state index contributed by atoms with van der Waals surface area (Å²) in [4.78, 5) is 21.7. The summed E-state index contributed by atoms with van der Waals surface area (Å²) < 4.78 is 3.21. The Morgan fingerprint density at radius 2 is 2.08 bits per heavy atom. The predicted molar refractivity (Wildman–Crippen MR) is 94.9 cm³/mol. The number of hydrogen-bond donors (Lipinski definition) is 1.